The van der Waals surface area contributed by atoms with E-state index in [9.17, 15) is 4.79 Å². The number of ketones is 1. The zero-order valence-corrected chi connectivity index (χ0v) is 12.4. The molecule has 1 heterocycles. The first-order valence-corrected chi connectivity index (χ1v) is 6.88. The minimum Gasteiger partial charge on any atom is -0.496 e. The minimum absolute atomic E-state index is 0.00880. The summed E-state index contributed by atoms with van der Waals surface area (Å²) in [5.74, 6) is 0.598. The van der Waals surface area contributed by atoms with Gasteiger partial charge in [-0.2, -0.15) is 0 Å². The summed E-state index contributed by atoms with van der Waals surface area (Å²) in [4.78, 5) is 16.2. The van der Waals surface area contributed by atoms with Crippen molar-refractivity contribution in [3.05, 3.63) is 64.8 Å². The van der Waals surface area contributed by atoms with Gasteiger partial charge in [0.25, 0.3) is 0 Å². The van der Waals surface area contributed by atoms with Crippen molar-refractivity contribution in [2.24, 2.45) is 0 Å². The number of carbonyl (C=O) groups is 1. The van der Waals surface area contributed by atoms with Crippen molar-refractivity contribution in [1.82, 2.24) is 4.98 Å². The molecule has 3 rings (SSSR count). The Kier molecular flexibility index (Phi) is 3.26. The fourth-order valence-electron chi connectivity index (χ4n) is 2.70. The lowest BCUT2D eigenvalue weighted by atomic mass is 9.98. The molecule has 0 unspecified atom stereocenters. The van der Waals surface area contributed by atoms with Crippen LogP contribution in [-0.2, 0) is 0 Å². The van der Waals surface area contributed by atoms with Crippen molar-refractivity contribution < 1.29 is 9.53 Å². The number of aromatic nitrogens is 1. The summed E-state index contributed by atoms with van der Waals surface area (Å²) < 4.78 is 5.34. The van der Waals surface area contributed by atoms with E-state index in [1.54, 1.807) is 7.11 Å². The third-order valence-corrected chi connectivity index (χ3v) is 3.72. The van der Waals surface area contributed by atoms with E-state index < -0.39 is 0 Å². The first kappa shape index (κ1) is 13.4. The molecular weight excluding hydrogens is 262 g/mol. The van der Waals surface area contributed by atoms with E-state index in [1.165, 1.54) is 0 Å². The van der Waals surface area contributed by atoms with E-state index in [-0.39, 0.29) is 5.78 Å². The lowest BCUT2D eigenvalue weighted by Gasteiger charge is -2.09. The Morgan fingerprint density at radius 3 is 2.62 bits per heavy atom. The van der Waals surface area contributed by atoms with E-state index in [4.69, 9.17) is 4.74 Å². The van der Waals surface area contributed by atoms with Gasteiger partial charge in [-0.1, -0.05) is 29.8 Å². The second kappa shape index (κ2) is 5.09. The summed E-state index contributed by atoms with van der Waals surface area (Å²) in [5.41, 5.74) is 4.21. The Morgan fingerprint density at radius 2 is 1.86 bits per heavy atom. The highest BCUT2D eigenvalue weighted by Gasteiger charge is 2.20. The van der Waals surface area contributed by atoms with Crippen molar-refractivity contribution in [2.45, 2.75) is 13.8 Å². The van der Waals surface area contributed by atoms with Crippen LogP contribution in [0.4, 0.5) is 0 Å². The van der Waals surface area contributed by atoms with Crippen LogP contribution in [-0.4, -0.2) is 17.9 Å². The number of para-hydroxylation sites is 1. The summed E-state index contributed by atoms with van der Waals surface area (Å²) >= 11 is 0. The second-order valence-electron chi connectivity index (χ2n) is 5.20. The van der Waals surface area contributed by atoms with Gasteiger partial charge in [0, 0.05) is 16.6 Å². The molecule has 21 heavy (non-hydrogen) atoms. The van der Waals surface area contributed by atoms with Gasteiger partial charge in [-0.05, 0) is 32.0 Å². The maximum atomic E-state index is 13.0. The van der Waals surface area contributed by atoms with Gasteiger partial charge in [0.2, 0.25) is 0 Å². The molecule has 0 aliphatic carbocycles. The van der Waals surface area contributed by atoms with Gasteiger partial charge in [-0.25, -0.2) is 0 Å². The topological polar surface area (TPSA) is 42.1 Å². The van der Waals surface area contributed by atoms with Crippen molar-refractivity contribution in [1.29, 1.82) is 0 Å². The molecule has 0 spiro atoms. The van der Waals surface area contributed by atoms with Crippen LogP contribution < -0.4 is 4.74 Å². The first-order chi connectivity index (χ1) is 10.1. The lowest BCUT2D eigenvalue weighted by Crippen LogP contribution is -2.05. The quantitative estimate of drug-likeness (QED) is 0.736. The van der Waals surface area contributed by atoms with Crippen LogP contribution in [0.3, 0.4) is 0 Å². The van der Waals surface area contributed by atoms with E-state index in [0.717, 1.165) is 27.7 Å². The number of rotatable bonds is 3. The maximum Gasteiger partial charge on any atom is 0.199 e. The summed E-state index contributed by atoms with van der Waals surface area (Å²) in [6.45, 7) is 3.90. The third kappa shape index (κ3) is 2.21. The predicted octanol–water partition coefficient (Wildman–Crippen LogP) is 4.02. The third-order valence-electron chi connectivity index (χ3n) is 3.72. The van der Waals surface area contributed by atoms with Crippen LogP contribution >= 0.6 is 0 Å². The van der Waals surface area contributed by atoms with Crippen molar-refractivity contribution in [3.63, 3.8) is 0 Å². The number of aromatic amines is 1. The molecule has 106 valence electrons. The number of carbonyl (C=O) groups excluding carboxylic acids is 1. The highest BCUT2D eigenvalue weighted by atomic mass is 16.5. The molecule has 3 heteroatoms. The first-order valence-electron chi connectivity index (χ1n) is 6.88. The van der Waals surface area contributed by atoms with Crippen molar-refractivity contribution in [3.8, 4) is 5.75 Å². The molecule has 0 aliphatic heterocycles. The Bertz CT molecular complexity index is 830. The minimum atomic E-state index is -0.00880. The largest absolute Gasteiger partial charge is 0.496 e. The molecule has 2 aromatic carbocycles. The van der Waals surface area contributed by atoms with Gasteiger partial charge in [0.05, 0.1) is 18.2 Å². The molecule has 0 fully saturated rings. The molecule has 1 aromatic heterocycles. The van der Waals surface area contributed by atoms with Gasteiger partial charge in [-0.3, -0.25) is 4.79 Å². The van der Waals surface area contributed by atoms with E-state index in [0.29, 0.717) is 11.3 Å². The SMILES string of the molecule is COc1ccc(C)cc1C(=O)c1c(C)[nH]c2ccccc12. The Labute approximate surface area is 123 Å². The molecule has 3 nitrogen and oxygen atoms in total. The Balaban J connectivity index is 2.22. The number of ether oxygens (including phenoxy) is 1. The number of methoxy groups -OCH3 is 1. The monoisotopic (exact) mass is 279 g/mol. The Morgan fingerprint density at radius 1 is 1.10 bits per heavy atom. The average molecular weight is 279 g/mol. The predicted molar refractivity (Wildman–Crippen MR) is 84.2 cm³/mol. The number of aryl methyl sites for hydroxylation is 2. The number of benzene rings is 2. The number of H-pyrrole nitrogens is 1. The summed E-state index contributed by atoms with van der Waals surface area (Å²) in [6, 6.07) is 13.5. The fourth-order valence-corrected chi connectivity index (χ4v) is 2.70. The molecule has 0 saturated carbocycles. The van der Waals surface area contributed by atoms with Crippen LogP contribution in [0.2, 0.25) is 0 Å². The van der Waals surface area contributed by atoms with Crippen LogP contribution in [0.1, 0.15) is 27.2 Å². The number of hydrogen-bond donors (Lipinski definition) is 1. The molecule has 0 radical (unpaired) electrons. The zero-order valence-electron chi connectivity index (χ0n) is 12.4. The molecule has 0 amide bonds. The lowest BCUT2D eigenvalue weighted by molar-refractivity contribution is 0.103. The molecule has 0 atom stereocenters. The van der Waals surface area contributed by atoms with Gasteiger partial charge in [-0.15, -0.1) is 0 Å². The highest BCUT2D eigenvalue weighted by molar-refractivity contribution is 6.18. The summed E-state index contributed by atoms with van der Waals surface area (Å²) in [5, 5.41) is 0.948. The van der Waals surface area contributed by atoms with Gasteiger partial charge < -0.3 is 9.72 Å². The molecule has 0 bridgehead atoms. The fraction of sp³-hybridized carbons (Fsp3) is 0.167. The zero-order chi connectivity index (χ0) is 15.0. The van der Waals surface area contributed by atoms with Crippen molar-refractivity contribution >= 4 is 16.7 Å². The van der Waals surface area contributed by atoms with Crippen molar-refractivity contribution in [2.75, 3.05) is 7.11 Å². The summed E-state index contributed by atoms with van der Waals surface area (Å²) in [7, 11) is 1.59. The van der Waals surface area contributed by atoms with E-state index >= 15 is 0 Å². The molecule has 0 aliphatic rings. The van der Waals surface area contributed by atoms with Gasteiger partial charge >= 0.3 is 0 Å². The van der Waals surface area contributed by atoms with Crippen LogP contribution in [0.25, 0.3) is 10.9 Å². The second-order valence-corrected chi connectivity index (χ2v) is 5.20. The van der Waals surface area contributed by atoms with E-state index in [1.807, 2.05) is 56.3 Å². The highest BCUT2D eigenvalue weighted by Crippen LogP contribution is 2.28. The average Bonchev–Trinajstić information content (AvgIpc) is 2.82. The maximum absolute atomic E-state index is 13.0. The Hall–Kier alpha value is -2.55. The molecule has 3 aromatic rings. The molecule has 1 N–H and O–H groups in total. The smallest absolute Gasteiger partial charge is 0.199 e. The standard InChI is InChI=1S/C18H17NO2/c1-11-8-9-16(21-3)14(10-11)18(20)17-12(2)19-15-7-5-4-6-13(15)17/h4-10,19H,1-3H3. The molecule has 0 saturated heterocycles. The van der Waals surface area contributed by atoms with Crippen LogP contribution in [0.15, 0.2) is 42.5 Å². The normalized spacial score (nSPS) is 10.8. The van der Waals surface area contributed by atoms with Gasteiger partial charge in [0.1, 0.15) is 5.75 Å². The number of hydrogen-bond acceptors (Lipinski definition) is 2. The number of fused-ring (bicyclic) bond motifs is 1. The van der Waals surface area contributed by atoms with Crippen LogP contribution in [0, 0.1) is 13.8 Å². The summed E-state index contributed by atoms with van der Waals surface area (Å²) in [6.07, 6.45) is 0. The van der Waals surface area contributed by atoms with Gasteiger partial charge in [0.15, 0.2) is 5.78 Å². The van der Waals surface area contributed by atoms with Crippen LogP contribution in [0.5, 0.6) is 5.75 Å². The molecular formula is C18H17NO2. The number of nitrogens with one attached hydrogen (secondary N) is 1. The van der Waals surface area contributed by atoms with E-state index in [2.05, 4.69) is 4.98 Å².